The topological polar surface area (TPSA) is 12.5 Å². The van der Waals surface area contributed by atoms with Gasteiger partial charge in [-0.2, -0.15) is 0 Å². The molecule has 1 aliphatic heterocycles. The number of halogens is 1. The highest BCUT2D eigenvalue weighted by Crippen LogP contribution is 2.58. The Morgan fingerprint density at radius 3 is 2.95 bits per heavy atom. The van der Waals surface area contributed by atoms with Gasteiger partial charge in [-0.3, -0.25) is 0 Å². The van der Waals surface area contributed by atoms with Gasteiger partial charge in [0.15, 0.2) is 0 Å². The van der Waals surface area contributed by atoms with Gasteiger partial charge < -0.3 is 9.64 Å². The summed E-state index contributed by atoms with van der Waals surface area (Å²) in [5.41, 5.74) is 3.55. The van der Waals surface area contributed by atoms with Crippen LogP contribution in [0.3, 0.4) is 0 Å². The van der Waals surface area contributed by atoms with Crippen LogP contribution in [-0.4, -0.2) is 31.6 Å². The number of methoxy groups -OCH3 is 1. The lowest BCUT2D eigenvalue weighted by Gasteiger charge is -2.58. The van der Waals surface area contributed by atoms with E-state index in [1.54, 1.807) is 18.2 Å². The van der Waals surface area contributed by atoms with Crippen molar-refractivity contribution in [2.45, 2.75) is 50.0 Å². The van der Waals surface area contributed by atoms with E-state index in [2.05, 4.69) is 40.0 Å². The molecular formula is C18H24BrNO. The third-order valence-corrected chi connectivity index (χ3v) is 7.17. The molecule has 3 atom stereocenters. The Morgan fingerprint density at radius 1 is 1.29 bits per heavy atom. The molecule has 114 valence electrons. The zero-order valence-electron chi connectivity index (χ0n) is 13.0. The molecular weight excluding hydrogens is 326 g/mol. The first-order chi connectivity index (χ1) is 10.2. The van der Waals surface area contributed by atoms with E-state index < -0.39 is 0 Å². The number of rotatable bonds is 1. The molecule has 4 rings (SSSR count). The summed E-state index contributed by atoms with van der Waals surface area (Å²) >= 11 is 3.89. The van der Waals surface area contributed by atoms with E-state index in [0.29, 0.717) is 5.41 Å². The fraction of sp³-hybridized carbons (Fsp3) is 0.667. The van der Waals surface area contributed by atoms with E-state index in [1.165, 1.54) is 49.5 Å². The maximum atomic E-state index is 5.59. The molecule has 0 radical (unpaired) electrons. The molecule has 1 aromatic rings. The summed E-state index contributed by atoms with van der Waals surface area (Å²) in [6, 6.07) is 5.20. The van der Waals surface area contributed by atoms with Crippen molar-refractivity contribution in [3.63, 3.8) is 0 Å². The van der Waals surface area contributed by atoms with E-state index in [4.69, 9.17) is 4.74 Å². The summed E-state index contributed by atoms with van der Waals surface area (Å²) in [5.74, 6) is 1.84. The Hall–Kier alpha value is -0.540. The van der Waals surface area contributed by atoms with E-state index in [0.717, 1.165) is 17.7 Å². The van der Waals surface area contributed by atoms with Gasteiger partial charge in [0.1, 0.15) is 5.75 Å². The maximum Gasteiger partial charge on any atom is 0.133 e. The predicted octanol–water partition coefficient (Wildman–Crippen LogP) is 4.15. The Morgan fingerprint density at radius 2 is 2.14 bits per heavy atom. The number of likely N-dealkylation sites (tertiary alicyclic amines) is 1. The van der Waals surface area contributed by atoms with Crippen LogP contribution in [0.4, 0.5) is 0 Å². The smallest absolute Gasteiger partial charge is 0.133 e. The number of nitrogens with zero attached hydrogens (tertiary/aromatic N) is 1. The number of ether oxygens (including phenoxy) is 1. The van der Waals surface area contributed by atoms with Crippen molar-refractivity contribution in [2.24, 2.45) is 5.92 Å². The molecule has 2 aliphatic carbocycles. The molecule has 0 N–H and O–H groups in total. The van der Waals surface area contributed by atoms with Crippen LogP contribution in [0, 0.1) is 5.92 Å². The average Bonchev–Trinajstić information content (AvgIpc) is 2.51. The minimum absolute atomic E-state index is 0.399. The van der Waals surface area contributed by atoms with Crippen LogP contribution < -0.4 is 4.74 Å². The standard InChI is InChI=1S/C18H24BrNO/c1-20-10-9-18-8-4-3-5-13(18)14(20)11-12-6-7-15(21-2)17(19)16(12)18/h6-7,13-14H,3-5,8-11H2,1-2H3/t13?,14-,18-/m0/s1. The Bertz CT molecular complexity index is 573. The van der Waals surface area contributed by atoms with Gasteiger partial charge in [0, 0.05) is 11.5 Å². The summed E-state index contributed by atoms with van der Waals surface area (Å²) in [4.78, 5) is 2.62. The number of hydrogen-bond donors (Lipinski definition) is 0. The quantitative estimate of drug-likeness (QED) is 0.755. The van der Waals surface area contributed by atoms with Gasteiger partial charge in [-0.25, -0.2) is 0 Å². The molecule has 1 aromatic carbocycles. The first kappa shape index (κ1) is 14.1. The number of hydrogen-bond acceptors (Lipinski definition) is 2. The van der Waals surface area contributed by atoms with E-state index in [1.807, 2.05) is 0 Å². The lowest BCUT2D eigenvalue weighted by atomic mass is 9.52. The Balaban J connectivity index is 1.93. The minimum Gasteiger partial charge on any atom is -0.496 e. The zero-order chi connectivity index (χ0) is 14.6. The minimum atomic E-state index is 0.399. The molecule has 1 heterocycles. The molecule has 1 saturated carbocycles. The summed E-state index contributed by atoms with van der Waals surface area (Å²) in [7, 11) is 4.11. The van der Waals surface area contributed by atoms with Crippen LogP contribution in [0.15, 0.2) is 16.6 Å². The van der Waals surface area contributed by atoms with Gasteiger partial charge in [-0.05, 0) is 78.3 Å². The second-order valence-corrected chi connectivity index (χ2v) is 7.92. The lowest BCUT2D eigenvalue weighted by molar-refractivity contribution is 0.00226. The molecule has 0 aromatic heterocycles. The highest BCUT2D eigenvalue weighted by Gasteiger charge is 2.54. The molecule has 1 unspecified atom stereocenters. The van der Waals surface area contributed by atoms with E-state index in [-0.39, 0.29) is 0 Å². The Kier molecular flexibility index (Phi) is 3.34. The van der Waals surface area contributed by atoms with Gasteiger partial charge in [0.25, 0.3) is 0 Å². The van der Waals surface area contributed by atoms with Crippen LogP contribution in [0.25, 0.3) is 0 Å². The van der Waals surface area contributed by atoms with Gasteiger partial charge in [0.2, 0.25) is 0 Å². The van der Waals surface area contributed by atoms with Crippen molar-refractivity contribution in [3.05, 3.63) is 27.7 Å². The van der Waals surface area contributed by atoms with Crippen LogP contribution in [0.5, 0.6) is 5.75 Å². The van der Waals surface area contributed by atoms with Crippen molar-refractivity contribution in [1.29, 1.82) is 0 Å². The van der Waals surface area contributed by atoms with Crippen molar-refractivity contribution >= 4 is 15.9 Å². The first-order valence-corrected chi connectivity index (χ1v) is 9.03. The number of piperidine rings is 1. The summed E-state index contributed by atoms with van der Waals surface area (Å²) in [6.45, 7) is 1.24. The predicted molar refractivity (Wildman–Crippen MR) is 89.1 cm³/mol. The van der Waals surface area contributed by atoms with E-state index >= 15 is 0 Å². The summed E-state index contributed by atoms with van der Waals surface area (Å²) in [5, 5.41) is 0. The molecule has 2 fully saturated rings. The van der Waals surface area contributed by atoms with Crippen molar-refractivity contribution in [1.82, 2.24) is 4.90 Å². The molecule has 3 heteroatoms. The number of likely N-dealkylation sites (N-methyl/N-ethyl adjacent to an activating group) is 1. The highest BCUT2D eigenvalue weighted by atomic mass is 79.9. The highest BCUT2D eigenvalue weighted by molar-refractivity contribution is 9.10. The second-order valence-electron chi connectivity index (χ2n) is 7.13. The van der Waals surface area contributed by atoms with Crippen LogP contribution in [0.1, 0.15) is 43.2 Å². The second kappa shape index (κ2) is 4.99. The van der Waals surface area contributed by atoms with Gasteiger partial charge in [-0.15, -0.1) is 0 Å². The zero-order valence-corrected chi connectivity index (χ0v) is 14.6. The molecule has 2 bridgehead atoms. The monoisotopic (exact) mass is 349 g/mol. The lowest BCUT2D eigenvalue weighted by Crippen LogP contribution is -2.59. The fourth-order valence-electron chi connectivity index (χ4n) is 5.41. The SMILES string of the molecule is COc1ccc2c(c1Br)[C@]13CCCCC1[C@H](C2)N(C)CC3. The van der Waals surface area contributed by atoms with Crippen LogP contribution >= 0.6 is 15.9 Å². The van der Waals surface area contributed by atoms with Crippen LogP contribution in [0.2, 0.25) is 0 Å². The van der Waals surface area contributed by atoms with Crippen LogP contribution in [-0.2, 0) is 11.8 Å². The van der Waals surface area contributed by atoms with Crippen molar-refractivity contribution in [2.75, 3.05) is 20.7 Å². The van der Waals surface area contributed by atoms with Gasteiger partial charge >= 0.3 is 0 Å². The average molecular weight is 350 g/mol. The van der Waals surface area contributed by atoms with Crippen molar-refractivity contribution < 1.29 is 4.74 Å². The first-order valence-electron chi connectivity index (χ1n) is 8.23. The van der Waals surface area contributed by atoms with Gasteiger partial charge in [-0.1, -0.05) is 18.9 Å². The molecule has 3 aliphatic rings. The summed E-state index contributed by atoms with van der Waals surface area (Å²) < 4.78 is 6.82. The number of benzene rings is 1. The molecule has 21 heavy (non-hydrogen) atoms. The normalized spacial score (nSPS) is 35.0. The van der Waals surface area contributed by atoms with E-state index in [9.17, 15) is 0 Å². The fourth-order valence-corrected chi connectivity index (χ4v) is 6.35. The third-order valence-electron chi connectivity index (χ3n) is 6.38. The summed E-state index contributed by atoms with van der Waals surface area (Å²) in [6.07, 6.45) is 8.08. The Labute approximate surface area is 136 Å². The molecule has 1 saturated heterocycles. The third kappa shape index (κ3) is 1.86. The largest absolute Gasteiger partial charge is 0.496 e. The molecule has 0 spiro atoms. The van der Waals surface area contributed by atoms with Crippen molar-refractivity contribution in [3.8, 4) is 5.75 Å². The molecule has 0 amide bonds. The van der Waals surface area contributed by atoms with Gasteiger partial charge in [0.05, 0.1) is 11.6 Å². The number of fused-ring (bicyclic) bond motifs is 1. The maximum absolute atomic E-state index is 5.59. The molecule has 2 nitrogen and oxygen atoms in total.